The van der Waals surface area contributed by atoms with Crippen LogP contribution in [0, 0.1) is 5.92 Å². The maximum Gasteiger partial charge on any atom is 0.305 e. The Morgan fingerprint density at radius 3 is 2.29 bits per heavy atom. The van der Waals surface area contributed by atoms with Gasteiger partial charge in [-0.2, -0.15) is 0 Å². The number of nitrogens with zero attached hydrogens (tertiary/aromatic N) is 1. The molecule has 1 aliphatic rings. The lowest BCUT2D eigenvalue weighted by atomic mass is 10.2. The molecule has 0 bridgehead atoms. The normalized spacial score (nSPS) is 16.3. The molecule has 0 aromatic heterocycles. The number of carbonyl (C=O) groups excluding carboxylic acids is 1. The summed E-state index contributed by atoms with van der Waals surface area (Å²) < 4.78 is 24.4. The van der Waals surface area contributed by atoms with Gasteiger partial charge in [0.1, 0.15) is 5.75 Å². The second-order valence-electron chi connectivity index (χ2n) is 6.09. The highest BCUT2D eigenvalue weighted by Gasteiger charge is 2.32. The van der Waals surface area contributed by atoms with E-state index in [1.807, 2.05) is 13.8 Å². The zero-order valence-electron chi connectivity index (χ0n) is 12.7. The highest BCUT2D eigenvalue weighted by molar-refractivity contribution is 7.92. The smallest absolute Gasteiger partial charge is 0.305 e. The summed E-state index contributed by atoms with van der Waals surface area (Å²) >= 11 is 0. The van der Waals surface area contributed by atoms with Gasteiger partial charge in [0.15, 0.2) is 9.84 Å². The monoisotopic (exact) mass is 319 g/mol. The van der Waals surface area contributed by atoms with Crippen molar-refractivity contribution in [2.24, 2.45) is 5.92 Å². The first-order valence-electron chi connectivity index (χ1n) is 7.43. The molecule has 0 aliphatic heterocycles. The van der Waals surface area contributed by atoms with Gasteiger partial charge < -0.3 is 10.0 Å². The number of amides is 1. The minimum absolute atomic E-state index is 0.0620. The largest absolute Gasteiger partial charge is 0.481 e. The highest BCUT2D eigenvalue weighted by atomic mass is 32.2. The van der Waals surface area contributed by atoms with Crippen molar-refractivity contribution in [3.63, 3.8) is 0 Å². The minimum Gasteiger partial charge on any atom is -0.481 e. The molecule has 0 heterocycles. The van der Waals surface area contributed by atoms with E-state index < -0.39 is 32.7 Å². The lowest BCUT2D eigenvalue weighted by Gasteiger charge is -2.24. The van der Waals surface area contributed by atoms with Crippen LogP contribution in [-0.4, -0.2) is 54.4 Å². The van der Waals surface area contributed by atoms with E-state index in [2.05, 4.69) is 0 Å². The molecule has 1 rings (SSSR count). The van der Waals surface area contributed by atoms with Crippen molar-refractivity contribution in [1.29, 1.82) is 0 Å². The molecule has 0 unspecified atom stereocenters. The van der Waals surface area contributed by atoms with Crippen molar-refractivity contribution in [2.75, 3.05) is 18.8 Å². The molecule has 1 saturated carbocycles. The van der Waals surface area contributed by atoms with E-state index in [1.54, 1.807) is 0 Å². The fraction of sp³-hybridized carbons (Fsp3) is 0.857. The molecule has 0 spiro atoms. The molecule has 1 fully saturated rings. The first-order valence-corrected chi connectivity index (χ1v) is 9.15. The summed E-state index contributed by atoms with van der Waals surface area (Å²) in [7, 11) is -3.42. The van der Waals surface area contributed by atoms with Crippen LogP contribution in [0.2, 0.25) is 0 Å². The van der Waals surface area contributed by atoms with Gasteiger partial charge >= 0.3 is 5.97 Å². The zero-order valence-corrected chi connectivity index (χ0v) is 13.6. The fourth-order valence-electron chi connectivity index (χ4n) is 2.62. The van der Waals surface area contributed by atoms with Crippen LogP contribution in [0.5, 0.6) is 0 Å². The van der Waals surface area contributed by atoms with Gasteiger partial charge in [-0.15, -0.1) is 0 Å². The molecular weight excluding hydrogens is 294 g/mol. The van der Waals surface area contributed by atoms with E-state index in [1.165, 1.54) is 4.90 Å². The first-order chi connectivity index (χ1) is 9.72. The van der Waals surface area contributed by atoms with E-state index in [9.17, 15) is 18.0 Å². The van der Waals surface area contributed by atoms with Crippen LogP contribution >= 0.6 is 0 Å². The predicted octanol–water partition coefficient (Wildman–Crippen LogP) is 1.30. The third-order valence-corrected chi connectivity index (χ3v) is 5.81. The zero-order chi connectivity index (χ0) is 16.0. The van der Waals surface area contributed by atoms with Crippen LogP contribution in [0.25, 0.3) is 0 Å². The van der Waals surface area contributed by atoms with Gasteiger partial charge in [0, 0.05) is 13.1 Å². The summed E-state index contributed by atoms with van der Waals surface area (Å²) in [5, 5.41) is 8.33. The van der Waals surface area contributed by atoms with E-state index in [0.29, 0.717) is 19.4 Å². The number of sulfone groups is 1. The van der Waals surface area contributed by atoms with Crippen LogP contribution in [0.4, 0.5) is 0 Å². The fourth-order valence-corrected chi connectivity index (χ4v) is 4.43. The van der Waals surface area contributed by atoms with Gasteiger partial charge in [0.05, 0.1) is 11.7 Å². The van der Waals surface area contributed by atoms with Crippen LogP contribution in [0.1, 0.15) is 46.0 Å². The number of carboxylic acid groups (broad SMARTS) is 1. The summed E-state index contributed by atoms with van der Waals surface area (Å²) in [4.78, 5) is 24.2. The lowest BCUT2D eigenvalue weighted by Crippen LogP contribution is -2.41. The van der Waals surface area contributed by atoms with E-state index in [-0.39, 0.29) is 18.9 Å². The van der Waals surface area contributed by atoms with Crippen molar-refractivity contribution >= 4 is 21.7 Å². The summed E-state index contributed by atoms with van der Waals surface area (Å²) in [5.41, 5.74) is 0. The average Bonchev–Trinajstić information content (AvgIpc) is 2.87. The molecule has 1 N–H and O–H groups in total. The molecule has 0 saturated heterocycles. The molecule has 0 atom stereocenters. The maximum absolute atomic E-state index is 12.2. The Morgan fingerprint density at radius 2 is 1.81 bits per heavy atom. The Bertz CT molecular complexity index is 466. The van der Waals surface area contributed by atoms with Gasteiger partial charge in [-0.3, -0.25) is 9.59 Å². The van der Waals surface area contributed by atoms with Crippen molar-refractivity contribution in [2.45, 2.75) is 51.2 Å². The number of rotatable bonds is 8. The summed E-state index contributed by atoms with van der Waals surface area (Å²) in [6, 6.07) is 0. The summed E-state index contributed by atoms with van der Waals surface area (Å²) in [6.07, 6.45) is 2.89. The molecule has 0 radical (unpaired) electrons. The van der Waals surface area contributed by atoms with Crippen LogP contribution in [-0.2, 0) is 19.4 Å². The molecule has 1 amide bonds. The second-order valence-corrected chi connectivity index (χ2v) is 8.37. The van der Waals surface area contributed by atoms with Gasteiger partial charge in [-0.05, 0) is 18.8 Å². The SMILES string of the molecule is CC(C)CN(CCC(=O)O)C(=O)CS(=O)(=O)C1CCCC1. The Hall–Kier alpha value is -1.11. The third-order valence-electron chi connectivity index (χ3n) is 3.67. The van der Waals surface area contributed by atoms with Gasteiger partial charge in [-0.25, -0.2) is 8.42 Å². The topological polar surface area (TPSA) is 91.8 Å². The highest BCUT2D eigenvalue weighted by Crippen LogP contribution is 2.25. The molecule has 21 heavy (non-hydrogen) atoms. The van der Waals surface area contributed by atoms with Gasteiger partial charge in [-0.1, -0.05) is 26.7 Å². The number of carboxylic acids is 1. The Labute approximate surface area is 126 Å². The molecule has 7 heteroatoms. The quantitative estimate of drug-likeness (QED) is 0.728. The average molecular weight is 319 g/mol. The van der Waals surface area contributed by atoms with E-state index in [0.717, 1.165) is 12.8 Å². The molecule has 0 aromatic rings. The lowest BCUT2D eigenvalue weighted by molar-refractivity contribution is -0.138. The summed E-state index contributed by atoms with van der Waals surface area (Å²) in [6.45, 7) is 4.26. The van der Waals surface area contributed by atoms with Gasteiger partial charge in [0.25, 0.3) is 0 Å². The van der Waals surface area contributed by atoms with Crippen molar-refractivity contribution in [1.82, 2.24) is 4.90 Å². The third kappa shape index (κ3) is 6.03. The van der Waals surface area contributed by atoms with Crippen molar-refractivity contribution in [3.05, 3.63) is 0 Å². The number of carbonyl (C=O) groups is 2. The molecule has 1 aliphatic carbocycles. The van der Waals surface area contributed by atoms with Crippen LogP contribution in [0.3, 0.4) is 0 Å². The molecule has 6 nitrogen and oxygen atoms in total. The first kappa shape index (κ1) is 17.9. The van der Waals surface area contributed by atoms with E-state index >= 15 is 0 Å². The number of hydrogen-bond donors (Lipinski definition) is 1. The Morgan fingerprint density at radius 1 is 1.24 bits per heavy atom. The van der Waals surface area contributed by atoms with Crippen LogP contribution in [0.15, 0.2) is 0 Å². The predicted molar refractivity (Wildman–Crippen MR) is 79.7 cm³/mol. The Balaban J connectivity index is 2.68. The minimum atomic E-state index is -3.42. The van der Waals surface area contributed by atoms with E-state index in [4.69, 9.17) is 5.11 Å². The Kier molecular flexibility index (Phi) is 6.64. The summed E-state index contributed by atoms with van der Waals surface area (Å²) in [5.74, 6) is -1.80. The van der Waals surface area contributed by atoms with Crippen molar-refractivity contribution < 1.29 is 23.1 Å². The standard InChI is InChI=1S/C14H25NO5S/c1-11(2)9-15(8-7-14(17)18)13(16)10-21(19,20)12-5-3-4-6-12/h11-12H,3-10H2,1-2H3,(H,17,18). The number of hydrogen-bond acceptors (Lipinski definition) is 4. The van der Waals surface area contributed by atoms with Crippen LogP contribution < -0.4 is 0 Å². The maximum atomic E-state index is 12.2. The van der Waals surface area contributed by atoms with Gasteiger partial charge in [0.2, 0.25) is 5.91 Å². The molecule has 122 valence electrons. The molecule has 0 aromatic carbocycles. The number of aliphatic carboxylic acids is 1. The molecular formula is C14H25NO5S. The second kappa shape index (κ2) is 7.77. The van der Waals surface area contributed by atoms with Crippen molar-refractivity contribution in [3.8, 4) is 0 Å².